The molecular weight excluding hydrogens is 374 g/mol. The highest BCUT2D eigenvalue weighted by Gasteiger charge is 2.26. The lowest BCUT2D eigenvalue weighted by Crippen LogP contribution is -2.32. The molecule has 0 saturated carbocycles. The van der Waals surface area contributed by atoms with E-state index in [2.05, 4.69) is 0 Å². The van der Waals surface area contributed by atoms with E-state index in [-0.39, 0.29) is 10.5 Å². The molecule has 0 amide bonds. The maximum Gasteiger partial charge on any atom is 0.349 e. The van der Waals surface area contributed by atoms with Gasteiger partial charge in [-0.25, -0.2) is 17.8 Å². The van der Waals surface area contributed by atoms with Crippen LogP contribution in [-0.4, -0.2) is 27.8 Å². The van der Waals surface area contributed by atoms with Gasteiger partial charge >= 0.3 is 5.69 Å². The predicted octanol–water partition coefficient (Wildman–Crippen LogP) is 1.79. The Morgan fingerprint density at radius 3 is 2.30 bits per heavy atom. The molecule has 0 fully saturated rings. The third kappa shape index (κ3) is 3.17. The summed E-state index contributed by atoms with van der Waals surface area (Å²) >= 11 is 0. The summed E-state index contributed by atoms with van der Waals surface area (Å²) in [6, 6.07) is 10.9. The monoisotopic (exact) mass is 387 g/mol. The quantitative estimate of drug-likeness (QED) is 0.497. The number of para-hydroxylation sites is 1. The van der Waals surface area contributed by atoms with Crippen LogP contribution in [0.25, 0.3) is 0 Å². The Hall–Kier alpha value is -3.53. The van der Waals surface area contributed by atoms with Crippen molar-refractivity contribution in [2.75, 3.05) is 0 Å². The van der Waals surface area contributed by atoms with Crippen molar-refractivity contribution in [2.24, 2.45) is 0 Å². The van der Waals surface area contributed by atoms with Gasteiger partial charge in [0.1, 0.15) is 5.56 Å². The van der Waals surface area contributed by atoms with Crippen molar-refractivity contribution < 1.29 is 18.1 Å². The van der Waals surface area contributed by atoms with E-state index in [0.29, 0.717) is 8.54 Å². The van der Waals surface area contributed by atoms with E-state index in [9.17, 15) is 28.1 Å². The number of rotatable bonds is 4. The first kappa shape index (κ1) is 18.3. The molecule has 1 heterocycles. The molecule has 0 aliphatic rings. The van der Waals surface area contributed by atoms with Crippen LogP contribution in [0.15, 0.2) is 70.6 Å². The summed E-state index contributed by atoms with van der Waals surface area (Å²) in [6.45, 7) is 1.78. The van der Waals surface area contributed by atoms with Crippen molar-refractivity contribution in [2.45, 2.75) is 11.8 Å². The van der Waals surface area contributed by atoms with Crippen molar-refractivity contribution in [3.05, 3.63) is 92.7 Å². The molecule has 3 aromatic rings. The number of nitro benzene ring substituents is 1. The van der Waals surface area contributed by atoms with Gasteiger partial charge in [-0.05, 0) is 25.1 Å². The fourth-order valence-corrected chi connectivity index (χ4v) is 3.68. The van der Waals surface area contributed by atoms with Gasteiger partial charge in [-0.3, -0.25) is 14.9 Å². The highest BCUT2D eigenvalue weighted by atomic mass is 32.2. The zero-order valence-electron chi connectivity index (χ0n) is 14.0. The van der Waals surface area contributed by atoms with Crippen LogP contribution in [0.2, 0.25) is 0 Å². The average Bonchev–Trinajstić information content (AvgIpc) is 3.03. The van der Waals surface area contributed by atoms with Crippen LogP contribution in [0.1, 0.15) is 15.9 Å². The fraction of sp³-hybridized carbons (Fsp3) is 0.0588. The van der Waals surface area contributed by atoms with E-state index in [1.165, 1.54) is 30.3 Å². The van der Waals surface area contributed by atoms with Gasteiger partial charge < -0.3 is 0 Å². The van der Waals surface area contributed by atoms with Crippen LogP contribution in [0, 0.1) is 17.0 Å². The molecule has 0 unspecified atom stereocenters. The van der Waals surface area contributed by atoms with Crippen molar-refractivity contribution in [3.63, 3.8) is 0 Å². The Bertz CT molecular complexity index is 1210. The first-order valence-electron chi connectivity index (χ1n) is 7.64. The second-order valence-corrected chi connectivity index (χ2v) is 7.46. The van der Waals surface area contributed by atoms with Crippen LogP contribution in [0.4, 0.5) is 5.69 Å². The molecule has 0 radical (unpaired) electrons. The molecule has 0 saturated heterocycles. The van der Waals surface area contributed by atoms with Crippen LogP contribution < -0.4 is 5.69 Å². The third-order valence-corrected chi connectivity index (χ3v) is 5.54. The number of imidazole rings is 1. The molecule has 0 atom stereocenters. The molecule has 0 aliphatic heterocycles. The number of benzene rings is 2. The highest BCUT2D eigenvalue weighted by molar-refractivity contribution is 7.90. The number of carbonyl (C=O) groups is 1. The maximum atomic E-state index is 12.6. The highest BCUT2D eigenvalue weighted by Crippen LogP contribution is 2.19. The summed E-state index contributed by atoms with van der Waals surface area (Å²) < 4.78 is 26.2. The van der Waals surface area contributed by atoms with E-state index >= 15 is 0 Å². The predicted molar refractivity (Wildman–Crippen MR) is 95.3 cm³/mol. The summed E-state index contributed by atoms with van der Waals surface area (Å²) in [6.07, 6.45) is 1.90. The number of aromatic nitrogens is 2. The molecule has 0 aliphatic carbocycles. The number of nitrogens with zero attached hydrogens (tertiary/aromatic N) is 3. The zero-order valence-corrected chi connectivity index (χ0v) is 14.8. The lowest BCUT2D eigenvalue weighted by molar-refractivity contribution is -0.385. The van der Waals surface area contributed by atoms with Gasteiger partial charge in [-0.2, -0.15) is 3.97 Å². The average molecular weight is 387 g/mol. The Morgan fingerprint density at radius 2 is 1.67 bits per heavy atom. The SMILES string of the molecule is Cc1ccc(S(=O)(=O)n2ccn(C(=O)c3ccccc3[N+](=O)[O-])c2=O)cc1. The van der Waals surface area contributed by atoms with Gasteiger partial charge in [0.05, 0.1) is 9.82 Å². The van der Waals surface area contributed by atoms with Crippen LogP contribution >= 0.6 is 0 Å². The Balaban J connectivity index is 2.09. The minimum atomic E-state index is -4.21. The molecule has 10 heteroatoms. The van der Waals surface area contributed by atoms with Crippen molar-refractivity contribution >= 4 is 21.6 Å². The van der Waals surface area contributed by atoms with Crippen molar-refractivity contribution in [1.82, 2.24) is 8.54 Å². The van der Waals surface area contributed by atoms with Gasteiger partial charge in [0, 0.05) is 18.5 Å². The minimum Gasteiger partial charge on any atom is -0.268 e. The Kier molecular flexibility index (Phi) is 4.50. The summed E-state index contributed by atoms with van der Waals surface area (Å²) in [4.78, 5) is 35.3. The molecule has 138 valence electrons. The molecule has 2 aromatic carbocycles. The first-order chi connectivity index (χ1) is 12.7. The Labute approximate surface area is 153 Å². The molecule has 0 spiro atoms. The molecule has 27 heavy (non-hydrogen) atoms. The first-order valence-corrected chi connectivity index (χ1v) is 9.08. The normalized spacial score (nSPS) is 11.3. The van der Waals surface area contributed by atoms with Crippen molar-refractivity contribution in [3.8, 4) is 0 Å². The molecular formula is C17H13N3O6S. The van der Waals surface area contributed by atoms with Crippen LogP contribution in [0.5, 0.6) is 0 Å². The lowest BCUT2D eigenvalue weighted by atomic mass is 10.1. The number of aryl methyl sites for hydroxylation is 1. The van der Waals surface area contributed by atoms with Gasteiger partial charge in [-0.1, -0.05) is 29.8 Å². The lowest BCUT2D eigenvalue weighted by Gasteiger charge is -2.05. The second kappa shape index (κ2) is 6.65. The fourth-order valence-electron chi connectivity index (χ4n) is 2.47. The van der Waals surface area contributed by atoms with Gasteiger partial charge in [0.2, 0.25) is 0 Å². The van der Waals surface area contributed by atoms with E-state index in [1.54, 1.807) is 19.1 Å². The van der Waals surface area contributed by atoms with Crippen LogP contribution in [0.3, 0.4) is 0 Å². The molecule has 9 nitrogen and oxygen atoms in total. The number of carbonyl (C=O) groups excluding carboxylic acids is 1. The van der Waals surface area contributed by atoms with Crippen molar-refractivity contribution in [1.29, 1.82) is 0 Å². The molecule has 0 N–H and O–H groups in total. The van der Waals surface area contributed by atoms with E-state index in [4.69, 9.17) is 0 Å². The maximum absolute atomic E-state index is 12.6. The Morgan fingerprint density at radius 1 is 1.04 bits per heavy atom. The number of nitro groups is 1. The molecule has 3 rings (SSSR count). The zero-order chi connectivity index (χ0) is 19.8. The second-order valence-electron chi connectivity index (χ2n) is 5.64. The summed E-state index contributed by atoms with van der Waals surface area (Å²) in [5.41, 5.74) is -1.11. The standard InChI is InChI=1S/C17H13N3O6S/c1-12-6-8-13(9-7-12)27(25,26)19-11-10-18(17(19)22)16(21)14-4-2-3-5-15(14)20(23)24/h2-11H,1H3. The molecule has 1 aromatic heterocycles. The summed E-state index contributed by atoms with van der Waals surface area (Å²) in [5, 5.41) is 11.1. The van der Waals surface area contributed by atoms with E-state index in [1.807, 2.05) is 0 Å². The largest absolute Gasteiger partial charge is 0.349 e. The van der Waals surface area contributed by atoms with Crippen LogP contribution in [-0.2, 0) is 10.0 Å². The summed E-state index contributed by atoms with van der Waals surface area (Å²) in [5.74, 6) is -0.995. The molecule has 0 bridgehead atoms. The number of hydrogen-bond donors (Lipinski definition) is 0. The third-order valence-electron chi connectivity index (χ3n) is 3.87. The van der Waals surface area contributed by atoms with E-state index in [0.717, 1.165) is 24.0 Å². The van der Waals surface area contributed by atoms with Gasteiger partial charge in [0.15, 0.2) is 0 Å². The van der Waals surface area contributed by atoms with Gasteiger partial charge in [0.25, 0.3) is 21.6 Å². The van der Waals surface area contributed by atoms with E-state index < -0.39 is 32.2 Å². The minimum absolute atomic E-state index is 0.119. The summed E-state index contributed by atoms with van der Waals surface area (Å²) in [7, 11) is -4.21. The van der Waals surface area contributed by atoms with Gasteiger partial charge in [-0.15, -0.1) is 0 Å². The number of hydrogen-bond acceptors (Lipinski definition) is 6. The topological polar surface area (TPSA) is 121 Å². The smallest absolute Gasteiger partial charge is 0.268 e.